The molecule has 16 heavy (non-hydrogen) atoms. The highest BCUT2D eigenvalue weighted by atomic mass is 79.9. The number of fused-ring (bicyclic) bond motifs is 1. The molecule has 0 saturated carbocycles. The topological polar surface area (TPSA) is 25.0 Å². The third-order valence-electron chi connectivity index (χ3n) is 2.69. The van der Waals surface area contributed by atoms with Crippen molar-refractivity contribution in [1.82, 2.24) is 4.98 Å². The minimum absolute atomic E-state index is 0.599. The maximum Gasteiger partial charge on any atom is 0.0865 e. The summed E-state index contributed by atoms with van der Waals surface area (Å²) in [6.07, 6.45) is 0.956. The van der Waals surface area contributed by atoms with Gasteiger partial charge >= 0.3 is 0 Å². The van der Waals surface area contributed by atoms with Gasteiger partial charge in [0.25, 0.3) is 0 Å². The molecule has 2 aromatic rings. The lowest BCUT2D eigenvalue weighted by Gasteiger charge is -2.02. The molecule has 1 aromatic carbocycles. The van der Waals surface area contributed by atoms with Gasteiger partial charge in [0.1, 0.15) is 0 Å². The van der Waals surface area contributed by atoms with Crippen molar-refractivity contribution < 1.29 is 4.74 Å². The first-order valence-corrected chi connectivity index (χ1v) is 6.32. The second-order valence-corrected chi connectivity index (χ2v) is 4.85. The first-order valence-electron chi connectivity index (χ1n) is 5.15. The van der Waals surface area contributed by atoms with Crippen molar-refractivity contribution in [3.63, 3.8) is 0 Å². The summed E-state index contributed by atoms with van der Waals surface area (Å²) in [5, 5.41) is 1.91. The van der Waals surface area contributed by atoms with Crippen LogP contribution >= 0.6 is 27.5 Å². The van der Waals surface area contributed by atoms with Gasteiger partial charge in [0, 0.05) is 28.2 Å². The van der Waals surface area contributed by atoms with E-state index in [9.17, 15) is 0 Å². The largest absolute Gasteiger partial charge is 0.378 e. The predicted octanol–water partition coefficient (Wildman–Crippen LogP) is 4.29. The summed E-state index contributed by atoms with van der Waals surface area (Å²) in [5.41, 5.74) is 3.49. The van der Waals surface area contributed by atoms with Crippen molar-refractivity contribution in [3.05, 3.63) is 32.9 Å². The van der Waals surface area contributed by atoms with Crippen LogP contribution in [0.15, 0.2) is 16.6 Å². The van der Waals surface area contributed by atoms with Gasteiger partial charge in [-0.15, -0.1) is 0 Å². The molecule has 0 aliphatic carbocycles. The van der Waals surface area contributed by atoms with Crippen LogP contribution in [0.2, 0.25) is 5.02 Å². The van der Waals surface area contributed by atoms with Gasteiger partial charge in [0.15, 0.2) is 0 Å². The summed E-state index contributed by atoms with van der Waals surface area (Å²) in [4.78, 5) is 3.37. The zero-order chi connectivity index (χ0) is 11.7. The Kier molecular flexibility index (Phi) is 3.57. The van der Waals surface area contributed by atoms with Gasteiger partial charge in [0.2, 0.25) is 0 Å². The standard InChI is InChI=1S/C12H13BrClNO/c1-3-7-10(6-16-2)15-9-5-4-8(14)12(13)11(7)9/h4-5,15H,3,6H2,1-2H3. The maximum absolute atomic E-state index is 6.11. The first kappa shape index (κ1) is 12.0. The predicted molar refractivity (Wildman–Crippen MR) is 71.1 cm³/mol. The van der Waals surface area contributed by atoms with Crippen LogP contribution in [0.5, 0.6) is 0 Å². The fourth-order valence-electron chi connectivity index (χ4n) is 2.00. The highest BCUT2D eigenvalue weighted by Gasteiger charge is 2.13. The van der Waals surface area contributed by atoms with E-state index in [4.69, 9.17) is 16.3 Å². The van der Waals surface area contributed by atoms with Gasteiger partial charge in [-0.25, -0.2) is 0 Å². The lowest BCUT2D eigenvalue weighted by atomic mass is 10.1. The molecule has 0 bridgehead atoms. The quantitative estimate of drug-likeness (QED) is 0.899. The number of aryl methyl sites for hydroxylation is 1. The van der Waals surface area contributed by atoms with Crippen molar-refractivity contribution in [2.24, 2.45) is 0 Å². The Hall–Kier alpha value is -0.510. The number of H-pyrrole nitrogens is 1. The van der Waals surface area contributed by atoms with Gasteiger partial charge < -0.3 is 9.72 Å². The Labute approximate surface area is 108 Å². The molecule has 1 N–H and O–H groups in total. The molecule has 0 spiro atoms. The molecule has 4 heteroatoms. The number of hydrogen-bond acceptors (Lipinski definition) is 1. The number of aromatic amines is 1. The monoisotopic (exact) mass is 301 g/mol. The second kappa shape index (κ2) is 4.78. The molecule has 0 atom stereocenters. The maximum atomic E-state index is 6.11. The van der Waals surface area contributed by atoms with Crippen LogP contribution in [-0.4, -0.2) is 12.1 Å². The zero-order valence-corrected chi connectivity index (χ0v) is 11.6. The molecular weight excluding hydrogens is 289 g/mol. The van der Waals surface area contributed by atoms with Crippen LogP contribution in [-0.2, 0) is 17.8 Å². The number of aromatic nitrogens is 1. The Morgan fingerprint density at radius 1 is 1.44 bits per heavy atom. The number of methoxy groups -OCH3 is 1. The van der Waals surface area contributed by atoms with Crippen LogP contribution < -0.4 is 0 Å². The van der Waals surface area contributed by atoms with Gasteiger partial charge in [-0.3, -0.25) is 0 Å². The molecule has 1 heterocycles. The molecule has 0 aliphatic rings. The van der Waals surface area contributed by atoms with Crippen molar-refractivity contribution in [2.45, 2.75) is 20.0 Å². The number of nitrogens with one attached hydrogen (secondary N) is 1. The van der Waals surface area contributed by atoms with Crippen molar-refractivity contribution in [3.8, 4) is 0 Å². The molecule has 0 unspecified atom stereocenters. The SMILES string of the molecule is CCc1c(COC)[nH]c2ccc(Cl)c(Br)c12. The van der Waals surface area contributed by atoms with Crippen LogP contribution in [0.4, 0.5) is 0 Å². The Morgan fingerprint density at radius 3 is 2.81 bits per heavy atom. The van der Waals surface area contributed by atoms with E-state index in [1.807, 2.05) is 12.1 Å². The third-order valence-corrected chi connectivity index (χ3v) is 4.06. The number of halogens is 2. The molecule has 0 fully saturated rings. The summed E-state index contributed by atoms with van der Waals surface area (Å²) in [5.74, 6) is 0. The van der Waals surface area contributed by atoms with E-state index in [0.717, 1.165) is 27.1 Å². The second-order valence-electron chi connectivity index (χ2n) is 3.65. The van der Waals surface area contributed by atoms with Crippen LogP contribution in [0, 0.1) is 0 Å². The minimum Gasteiger partial charge on any atom is -0.378 e. The van der Waals surface area contributed by atoms with Crippen LogP contribution in [0.25, 0.3) is 10.9 Å². The lowest BCUT2D eigenvalue weighted by molar-refractivity contribution is 0.181. The Balaban J connectivity index is 2.73. The molecule has 0 aliphatic heterocycles. The van der Waals surface area contributed by atoms with E-state index >= 15 is 0 Å². The fraction of sp³-hybridized carbons (Fsp3) is 0.333. The average Bonchev–Trinajstić information content (AvgIpc) is 2.62. The minimum atomic E-state index is 0.599. The molecule has 1 aromatic heterocycles. The molecule has 0 saturated heterocycles. The molecule has 86 valence electrons. The van der Waals surface area contributed by atoms with E-state index in [1.54, 1.807) is 7.11 Å². The van der Waals surface area contributed by atoms with E-state index in [0.29, 0.717) is 6.61 Å². The summed E-state index contributed by atoms with van der Waals surface area (Å²) in [6, 6.07) is 3.89. The molecule has 2 nitrogen and oxygen atoms in total. The number of hydrogen-bond donors (Lipinski definition) is 1. The van der Waals surface area contributed by atoms with Gasteiger partial charge in [-0.05, 0) is 40.0 Å². The van der Waals surface area contributed by atoms with E-state index < -0.39 is 0 Å². The molecular formula is C12H13BrClNO. The van der Waals surface area contributed by atoms with E-state index in [-0.39, 0.29) is 0 Å². The smallest absolute Gasteiger partial charge is 0.0865 e. The van der Waals surface area contributed by atoms with Gasteiger partial charge in [0.05, 0.1) is 11.6 Å². The van der Waals surface area contributed by atoms with Gasteiger partial charge in [-0.1, -0.05) is 18.5 Å². The number of ether oxygens (including phenoxy) is 1. The molecule has 0 radical (unpaired) electrons. The average molecular weight is 303 g/mol. The summed E-state index contributed by atoms with van der Waals surface area (Å²) in [6.45, 7) is 2.73. The number of rotatable bonds is 3. The van der Waals surface area contributed by atoms with Crippen LogP contribution in [0.1, 0.15) is 18.2 Å². The Morgan fingerprint density at radius 2 is 2.19 bits per heavy atom. The number of benzene rings is 1. The van der Waals surface area contributed by atoms with E-state index in [2.05, 4.69) is 27.8 Å². The first-order chi connectivity index (χ1) is 7.69. The fourth-order valence-corrected chi connectivity index (χ4v) is 2.74. The summed E-state index contributed by atoms with van der Waals surface area (Å²) in [7, 11) is 1.70. The highest BCUT2D eigenvalue weighted by Crippen LogP contribution is 2.35. The van der Waals surface area contributed by atoms with Crippen molar-refractivity contribution in [2.75, 3.05) is 7.11 Å². The normalized spacial score (nSPS) is 11.2. The summed E-state index contributed by atoms with van der Waals surface area (Å²) >= 11 is 9.66. The lowest BCUT2D eigenvalue weighted by Crippen LogP contribution is -1.92. The van der Waals surface area contributed by atoms with Crippen molar-refractivity contribution in [1.29, 1.82) is 0 Å². The van der Waals surface area contributed by atoms with Gasteiger partial charge in [-0.2, -0.15) is 0 Å². The van der Waals surface area contributed by atoms with Crippen molar-refractivity contribution >= 4 is 38.4 Å². The summed E-state index contributed by atoms with van der Waals surface area (Å²) < 4.78 is 6.15. The van der Waals surface area contributed by atoms with Crippen LogP contribution in [0.3, 0.4) is 0 Å². The molecule has 2 rings (SSSR count). The van der Waals surface area contributed by atoms with E-state index in [1.165, 1.54) is 10.9 Å². The Bertz CT molecular complexity index is 521. The molecule has 0 amide bonds. The zero-order valence-electron chi connectivity index (χ0n) is 9.23. The highest BCUT2D eigenvalue weighted by molar-refractivity contribution is 9.10. The third kappa shape index (κ3) is 1.88.